The summed E-state index contributed by atoms with van der Waals surface area (Å²) in [5.74, 6) is 0.952. The zero-order chi connectivity index (χ0) is 17.1. The molecule has 0 radical (unpaired) electrons. The number of benzene rings is 2. The van der Waals surface area contributed by atoms with Crippen LogP contribution in [0.3, 0.4) is 0 Å². The zero-order valence-electron chi connectivity index (χ0n) is 14.0. The van der Waals surface area contributed by atoms with Gasteiger partial charge in [-0.2, -0.15) is 0 Å². The molecule has 2 aliphatic heterocycles. The molecule has 4 rings (SSSR count). The number of anilines is 2. The largest absolute Gasteiger partial charge is 0.369 e. The Balaban J connectivity index is 1.67. The lowest BCUT2D eigenvalue weighted by Gasteiger charge is -2.41. The minimum atomic E-state index is -0.288. The molecule has 0 aromatic heterocycles. The van der Waals surface area contributed by atoms with E-state index in [0.717, 1.165) is 54.0 Å². The standard InChI is InChI=1S/C19H22ClN5/c20-15-5-3-4-14(10-15)11-23-18-19(12-21-8-9-22-13-19)25-17-7-2-1-6-16(17)24-18/h1-7,10,21-22,25H,8-9,11-13H2,(H,23,24). The zero-order valence-corrected chi connectivity index (χ0v) is 14.7. The average Bonchev–Trinajstić information content (AvgIpc) is 2.86. The summed E-state index contributed by atoms with van der Waals surface area (Å²) in [6.07, 6.45) is 0. The smallest absolute Gasteiger partial charge is 0.130 e. The molecule has 0 saturated carbocycles. The van der Waals surface area contributed by atoms with Crippen LogP contribution in [0.15, 0.2) is 53.5 Å². The average molecular weight is 356 g/mol. The molecule has 1 spiro atoms. The Morgan fingerprint density at radius 3 is 2.48 bits per heavy atom. The number of hydrogen-bond donors (Lipinski definition) is 4. The number of rotatable bonds is 2. The molecule has 130 valence electrons. The first-order valence-electron chi connectivity index (χ1n) is 8.60. The number of para-hydroxylation sites is 2. The van der Waals surface area contributed by atoms with E-state index >= 15 is 0 Å². The fourth-order valence-electron chi connectivity index (χ4n) is 3.36. The van der Waals surface area contributed by atoms with E-state index in [4.69, 9.17) is 16.6 Å². The van der Waals surface area contributed by atoms with Crippen molar-refractivity contribution < 1.29 is 0 Å². The quantitative estimate of drug-likeness (QED) is 0.669. The van der Waals surface area contributed by atoms with Gasteiger partial charge in [-0.15, -0.1) is 0 Å². The maximum absolute atomic E-state index is 6.10. The van der Waals surface area contributed by atoms with Crippen LogP contribution in [0.1, 0.15) is 5.56 Å². The molecule has 0 bridgehead atoms. The lowest BCUT2D eigenvalue weighted by Crippen LogP contribution is -2.61. The first-order chi connectivity index (χ1) is 12.3. The topological polar surface area (TPSA) is 60.5 Å². The molecule has 25 heavy (non-hydrogen) atoms. The van der Waals surface area contributed by atoms with Crippen molar-refractivity contribution in [3.63, 3.8) is 0 Å². The molecule has 2 aromatic rings. The summed E-state index contributed by atoms with van der Waals surface area (Å²) in [5.41, 5.74) is 2.98. The van der Waals surface area contributed by atoms with Gasteiger partial charge in [0.25, 0.3) is 0 Å². The minimum absolute atomic E-state index is 0.288. The molecular weight excluding hydrogens is 334 g/mol. The third-order valence-corrected chi connectivity index (χ3v) is 4.88. The highest BCUT2D eigenvalue weighted by atomic mass is 35.5. The molecule has 1 fully saturated rings. The SMILES string of the molecule is Clc1cccc(CN=C2Nc3ccccc3NC23CNCCNC3)c1. The van der Waals surface area contributed by atoms with Crippen LogP contribution < -0.4 is 21.3 Å². The first-order valence-corrected chi connectivity index (χ1v) is 8.98. The van der Waals surface area contributed by atoms with Crippen LogP contribution in [-0.2, 0) is 6.54 Å². The van der Waals surface area contributed by atoms with Crippen LogP contribution in [0.4, 0.5) is 11.4 Å². The number of fused-ring (bicyclic) bond motifs is 1. The summed E-state index contributed by atoms with van der Waals surface area (Å²) in [4.78, 5) is 4.92. The Hall–Kier alpha value is -2.08. The molecular formula is C19H22ClN5. The second-order valence-electron chi connectivity index (χ2n) is 6.53. The summed E-state index contributed by atoms with van der Waals surface area (Å²) in [5, 5.41) is 15.0. The summed E-state index contributed by atoms with van der Waals surface area (Å²) >= 11 is 6.10. The molecule has 4 N–H and O–H groups in total. The molecule has 0 atom stereocenters. The molecule has 0 amide bonds. The van der Waals surface area contributed by atoms with Gasteiger partial charge in [0.2, 0.25) is 0 Å². The van der Waals surface area contributed by atoms with Crippen molar-refractivity contribution in [2.24, 2.45) is 4.99 Å². The van der Waals surface area contributed by atoms with Gasteiger partial charge in [0.15, 0.2) is 0 Å². The van der Waals surface area contributed by atoms with Crippen LogP contribution in [0.5, 0.6) is 0 Å². The molecule has 5 nitrogen and oxygen atoms in total. The van der Waals surface area contributed by atoms with Crippen molar-refractivity contribution in [3.05, 3.63) is 59.1 Å². The van der Waals surface area contributed by atoms with Crippen LogP contribution in [0.25, 0.3) is 0 Å². The van der Waals surface area contributed by atoms with Crippen molar-refractivity contribution in [1.82, 2.24) is 10.6 Å². The van der Waals surface area contributed by atoms with Gasteiger partial charge >= 0.3 is 0 Å². The van der Waals surface area contributed by atoms with Crippen molar-refractivity contribution in [1.29, 1.82) is 0 Å². The molecule has 2 aliphatic rings. The lowest BCUT2D eigenvalue weighted by atomic mass is 9.93. The van der Waals surface area contributed by atoms with Crippen molar-refractivity contribution >= 4 is 28.8 Å². The van der Waals surface area contributed by atoms with Gasteiger partial charge in [-0.1, -0.05) is 35.9 Å². The summed E-state index contributed by atoms with van der Waals surface area (Å²) < 4.78 is 0. The van der Waals surface area contributed by atoms with E-state index in [0.29, 0.717) is 6.54 Å². The molecule has 1 saturated heterocycles. The third kappa shape index (κ3) is 3.49. The van der Waals surface area contributed by atoms with E-state index in [1.165, 1.54) is 0 Å². The van der Waals surface area contributed by atoms with Gasteiger partial charge in [0.1, 0.15) is 11.4 Å². The second-order valence-corrected chi connectivity index (χ2v) is 6.96. The van der Waals surface area contributed by atoms with Gasteiger partial charge < -0.3 is 21.3 Å². The maximum Gasteiger partial charge on any atom is 0.130 e. The van der Waals surface area contributed by atoms with Crippen LogP contribution in [-0.4, -0.2) is 37.6 Å². The molecule has 0 unspecified atom stereocenters. The van der Waals surface area contributed by atoms with Gasteiger partial charge in [-0.05, 0) is 29.8 Å². The van der Waals surface area contributed by atoms with E-state index in [1.54, 1.807) is 0 Å². The predicted molar refractivity (Wildman–Crippen MR) is 105 cm³/mol. The number of nitrogens with one attached hydrogen (secondary N) is 4. The number of nitrogens with zero attached hydrogens (tertiary/aromatic N) is 1. The maximum atomic E-state index is 6.10. The Bertz CT molecular complexity index is 781. The van der Waals surface area contributed by atoms with Gasteiger partial charge in [0, 0.05) is 31.2 Å². The monoisotopic (exact) mass is 355 g/mol. The van der Waals surface area contributed by atoms with E-state index in [2.05, 4.69) is 39.5 Å². The molecule has 6 heteroatoms. The molecule has 2 aromatic carbocycles. The predicted octanol–water partition coefficient (Wildman–Crippen LogP) is 2.71. The summed E-state index contributed by atoms with van der Waals surface area (Å²) in [6.45, 7) is 4.12. The van der Waals surface area contributed by atoms with Crippen LogP contribution >= 0.6 is 11.6 Å². The van der Waals surface area contributed by atoms with Crippen molar-refractivity contribution in [3.8, 4) is 0 Å². The van der Waals surface area contributed by atoms with Gasteiger partial charge in [-0.25, -0.2) is 0 Å². The van der Waals surface area contributed by atoms with E-state index in [-0.39, 0.29) is 5.54 Å². The highest BCUT2D eigenvalue weighted by Crippen LogP contribution is 2.31. The fourth-order valence-corrected chi connectivity index (χ4v) is 3.57. The fraction of sp³-hybridized carbons (Fsp3) is 0.316. The van der Waals surface area contributed by atoms with Gasteiger partial charge in [-0.3, -0.25) is 4.99 Å². The van der Waals surface area contributed by atoms with E-state index in [1.807, 2.05) is 30.3 Å². The highest BCUT2D eigenvalue weighted by molar-refractivity contribution is 6.30. The highest BCUT2D eigenvalue weighted by Gasteiger charge is 2.40. The molecule has 0 aliphatic carbocycles. The first kappa shape index (κ1) is 16.4. The Morgan fingerprint density at radius 1 is 0.960 bits per heavy atom. The number of aliphatic imine (C=N–C) groups is 1. The van der Waals surface area contributed by atoms with Crippen molar-refractivity contribution in [2.75, 3.05) is 36.8 Å². The van der Waals surface area contributed by atoms with E-state index < -0.39 is 0 Å². The minimum Gasteiger partial charge on any atom is -0.369 e. The second kappa shape index (κ2) is 7.04. The number of amidine groups is 1. The third-order valence-electron chi connectivity index (χ3n) is 4.65. The lowest BCUT2D eigenvalue weighted by molar-refractivity contribution is 0.561. The Kier molecular flexibility index (Phi) is 4.61. The van der Waals surface area contributed by atoms with Crippen LogP contribution in [0.2, 0.25) is 5.02 Å². The molecule has 2 heterocycles. The van der Waals surface area contributed by atoms with Crippen molar-refractivity contribution in [2.45, 2.75) is 12.1 Å². The summed E-state index contributed by atoms with van der Waals surface area (Å²) in [6, 6.07) is 16.1. The number of hydrogen-bond acceptors (Lipinski definition) is 4. The van der Waals surface area contributed by atoms with Crippen LogP contribution in [0, 0.1) is 0 Å². The number of halogens is 1. The Morgan fingerprint density at radius 2 is 1.72 bits per heavy atom. The normalized spacial score (nSPS) is 20.4. The van der Waals surface area contributed by atoms with E-state index in [9.17, 15) is 0 Å². The van der Waals surface area contributed by atoms with Gasteiger partial charge in [0.05, 0.1) is 17.9 Å². The Labute approximate surface area is 152 Å². The summed E-state index contributed by atoms with van der Waals surface area (Å²) in [7, 11) is 0.